The molecule has 3 N–H and O–H groups in total. The summed E-state index contributed by atoms with van der Waals surface area (Å²) in [5.74, 6) is -0.150. The highest BCUT2D eigenvalue weighted by atomic mass is 16.3. The van der Waals surface area contributed by atoms with Crippen molar-refractivity contribution in [1.82, 2.24) is 4.90 Å². The van der Waals surface area contributed by atoms with Crippen LogP contribution in [0.25, 0.3) is 0 Å². The molecule has 2 saturated heterocycles. The van der Waals surface area contributed by atoms with Crippen molar-refractivity contribution >= 4 is 0 Å². The third-order valence-corrected chi connectivity index (χ3v) is 3.09. The Labute approximate surface area is 71.4 Å². The fourth-order valence-corrected chi connectivity index (χ4v) is 2.46. The second-order valence-corrected chi connectivity index (χ2v) is 3.76. The first-order valence-corrected chi connectivity index (χ1v) is 4.45. The molecule has 0 saturated carbocycles. The van der Waals surface area contributed by atoms with Gasteiger partial charge in [0, 0.05) is 25.0 Å². The van der Waals surface area contributed by atoms with Crippen LogP contribution in [0.3, 0.4) is 0 Å². The standard InChI is InChI=1S/C8H15NO3/c10-4-5-7(12)3-9-2-1-6(11)8(5)9/h5-8,10-12H,1-4H2. The molecule has 0 radical (unpaired) electrons. The Morgan fingerprint density at radius 2 is 2.00 bits per heavy atom. The average Bonchev–Trinajstić information content (AvgIpc) is 2.52. The molecule has 0 aromatic carbocycles. The molecule has 0 aromatic heterocycles. The fraction of sp³-hybridized carbons (Fsp3) is 1.00. The van der Waals surface area contributed by atoms with Crippen LogP contribution in [0.15, 0.2) is 0 Å². The van der Waals surface area contributed by atoms with Crippen LogP contribution in [-0.4, -0.2) is 58.2 Å². The zero-order chi connectivity index (χ0) is 8.72. The largest absolute Gasteiger partial charge is 0.396 e. The minimum atomic E-state index is -0.463. The van der Waals surface area contributed by atoms with Crippen LogP contribution in [0.5, 0.6) is 0 Å². The third-order valence-electron chi connectivity index (χ3n) is 3.09. The van der Waals surface area contributed by atoms with Crippen LogP contribution in [0.1, 0.15) is 6.42 Å². The molecule has 0 aromatic rings. The van der Waals surface area contributed by atoms with Crippen molar-refractivity contribution in [2.75, 3.05) is 19.7 Å². The van der Waals surface area contributed by atoms with Gasteiger partial charge in [-0.3, -0.25) is 4.90 Å². The van der Waals surface area contributed by atoms with Gasteiger partial charge in [0.15, 0.2) is 0 Å². The van der Waals surface area contributed by atoms with Gasteiger partial charge in [-0.15, -0.1) is 0 Å². The predicted molar refractivity (Wildman–Crippen MR) is 42.6 cm³/mol. The topological polar surface area (TPSA) is 63.9 Å². The molecule has 70 valence electrons. The zero-order valence-corrected chi connectivity index (χ0v) is 6.93. The van der Waals surface area contributed by atoms with E-state index >= 15 is 0 Å². The van der Waals surface area contributed by atoms with Gasteiger partial charge in [0.25, 0.3) is 0 Å². The van der Waals surface area contributed by atoms with E-state index in [0.29, 0.717) is 6.54 Å². The number of hydrogen-bond acceptors (Lipinski definition) is 4. The lowest BCUT2D eigenvalue weighted by Gasteiger charge is -2.21. The first-order chi connectivity index (χ1) is 5.74. The summed E-state index contributed by atoms with van der Waals surface area (Å²) in [6.45, 7) is 1.42. The van der Waals surface area contributed by atoms with Crippen molar-refractivity contribution in [3.8, 4) is 0 Å². The molecule has 2 heterocycles. The molecule has 4 heteroatoms. The number of nitrogens with zero attached hydrogens (tertiary/aromatic N) is 1. The Bertz CT molecular complexity index is 176. The van der Waals surface area contributed by atoms with Gasteiger partial charge in [-0.05, 0) is 6.42 Å². The number of aliphatic hydroxyl groups is 3. The molecule has 4 atom stereocenters. The molecule has 0 spiro atoms. The molecule has 4 nitrogen and oxygen atoms in total. The second-order valence-electron chi connectivity index (χ2n) is 3.76. The molecule has 0 bridgehead atoms. The number of rotatable bonds is 1. The van der Waals surface area contributed by atoms with Crippen LogP contribution in [0.4, 0.5) is 0 Å². The van der Waals surface area contributed by atoms with E-state index in [1.54, 1.807) is 0 Å². The van der Waals surface area contributed by atoms with Crippen LogP contribution in [-0.2, 0) is 0 Å². The smallest absolute Gasteiger partial charge is 0.0733 e. The lowest BCUT2D eigenvalue weighted by Crippen LogP contribution is -2.36. The van der Waals surface area contributed by atoms with Crippen molar-refractivity contribution in [2.45, 2.75) is 24.7 Å². The van der Waals surface area contributed by atoms with Gasteiger partial charge in [-0.1, -0.05) is 0 Å². The van der Waals surface area contributed by atoms with Crippen LogP contribution >= 0.6 is 0 Å². The summed E-state index contributed by atoms with van der Waals surface area (Å²) in [7, 11) is 0. The maximum atomic E-state index is 9.55. The summed E-state index contributed by atoms with van der Waals surface area (Å²) in [4.78, 5) is 2.07. The summed E-state index contributed by atoms with van der Waals surface area (Å²) in [6, 6.07) is -0.00926. The highest BCUT2D eigenvalue weighted by molar-refractivity contribution is 5.00. The van der Waals surface area contributed by atoms with E-state index in [9.17, 15) is 10.2 Å². The molecule has 12 heavy (non-hydrogen) atoms. The normalized spacial score (nSPS) is 48.2. The van der Waals surface area contributed by atoms with E-state index in [1.165, 1.54) is 0 Å². The van der Waals surface area contributed by atoms with Crippen LogP contribution in [0, 0.1) is 5.92 Å². The van der Waals surface area contributed by atoms with Gasteiger partial charge < -0.3 is 15.3 Å². The first kappa shape index (κ1) is 8.44. The number of hydrogen-bond donors (Lipinski definition) is 3. The van der Waals surface area contributed by atoms with Gasteiger partial charge in [-0.25, -0.2) is 0 Å². The van der Waals surface area contributed by atoms with Gasteiger partial charge >= 0.3 is 0 Å². The summed E-state index contributed by atoms with van der Waals surface area (Å²) >= 11 is 0. The van der Waals surface area contributed by atoms with Gasteiger partial charge in [0.2, 0.25) is 0 Å². The average molecular weight is 173 g/mol. The first-order valence-electron chi connectivity index (χ1n) is 4.45. The maximum Gasteiger partial charge on any atom is 0.0733 e. The van der Waals surface area contributed by atoms with Gasteiger partial charge in [-0.2, -0.15) is 0 Å². The summed E-state index contributed by atoms with van der Waals surface area (Å²) in [6.07, 6.45) is -0.0531. The van der Waals surface area contributed by atoms with Crippen molar-refractivity contribution in [1.29, 1.82) is 0 Å². The molecule has 2 aliphatic rings. The molecule has 0 amide bonds. The Morgan fingerprint density at radius 1 is 1.25 bits per heavy atom. The molecular weight excluding hydrogens is 158 g/mol. The monoisotopic (exact) mass is 173 g/mol. The minimum Gasteiger partial charge on any atom is -0.396 e. The summed E-state index contributed by atoms with van der Waals surface area (Å²) in [5.41, 5.74) is 0. The van der Waals surface area contributed by atoms with Gasteiger partial charge in [0.1, 0.15) is 0 Å². The molecule has 2 aliphatic heterocycles. The maximum absolute atomic E-state index is 9.55. The highest BCUT2D eigenvalue weighted by Gasteiger charge is 2.47. The van der Waals surface area contributed by atoms with E-state index in [4.69, 9.17) is 5.11 Å². The lowest BCUT2D eigenvalue weighted by molar-refractivity contribution is 0.0518. The van der Waals surface area contributed by atoms with Crippen molar-refractivity contribution in [3.05, 3.63) is 0 Å². The molecule has 2 rings (SSSR count). The fourth-order valence-electron chi connectivity index (χ4n) is 2.46. The quantitative estimate of drug-likeness (QED) is 0.447. The minimum absolute atomic E-state index is 0.00926. The van der Waals surface area contributed by atoms with E-state index in [0.717, 1.165) is 13.0 Å². The third kappa shape index (κ3) is 1.07. The Hall–Kier alpha value is -0.160. The van der Waals surface area contributed by atoms with Gasteiger partial charge in [0.05, 0.1) is 18.8 Å². The van der Waals surface area contributed by atoms with Crippen molar-refractivity contribution in [3.63, 3.8) is 0 Å². The van der Waals surface area contributed by atoms with Crippen LogP contribution < -0.4 is 0 Å². The molecule has 4 unspecified atom stereocenters. The van der Waals surface area contributed by atoms with Crippen LogP contribution in [0.2, 0.25) is 0 Å². The highest BCUT2D eigenvalue weighted by Crippen LogP contribution is 2.32. The predicted octanol–water partition coefficient (Wildman–Crippen LogP) is -1.60. The second kappa shape index (κ2) is 2.96. The Kier molecular flexibility index (Phi) is 2.08. The van der Waals surface area contributed by atoms with Crippen molar-refractivity contribution < 1.29 is 15.3 Å². The number of aliphatic hydroxyl groups excluding tert-OH is 3. The Morgan fingerprint density at radius 3 is 2.67 bits per heavy atom. The zero-order valence-electron chi connectivity index (χ0n) is 6.93. The SMILES string of the molecule is OCC1C(O)CN2CCC(O)C12. The number of fused-ring (bicyclic) bond motifs is 1. The van der Waals surface area contributed by atoms with Crippen molar-refractivity contribution in [2.24, 2.45) is 5.92 Å². The van der Waals surface area contributed by atoms with E-state index in [-0.39, 0.29) is 24.7 Å². The molecule has 2 fully saturated rings. The Balaban J connectivity index is 2.12. The van der Waals surface area contributed by atoms with E-state index < -0.39 is 6.10 Å². The van der Waals surface area contributed by atoms with E-state index in [2.05, 4.69) is 4.90 Å². The lowest BCUT2D eigenvalue weighted by atomic mass is 9.95. The molecular formula is C8H15NO3. The molecule has 0 aliphatic carbocycles. The van der Waals surface area contributed by atoms with E-state index in [1.807, 2.05) is 0 Å². The summed E-state index contributed by atoms with van der Waals surface area (Å²) in [5, 5.41) is 28.1. The summed E-state index contributed by atoms with van der Waals surface area (Å²) < 4.78 is 0.